The third kappa shape index (κ3) is 2.76. The Morgan fingerprint density at radius 1 is 1.45 bits per heavy atom. The largest absolute Gasteiger partial charge is 0.477 e. The van der Waals surface area contributed by atoms with Crippen molar-refractivity contribution in [1.82, 2.24) is 14.7 Å². The number of hydrogen-bond acceptors (Lipinski definition) is 4. The van der Waals surface area contributed by atoms with E-state index in [1.54, 1.807) is 7.05 Å². The van der Waals surface area contributed by atoms with Crippen molar-refractivity contribution in [2.75, 3.05) is 13.2 Å². The van der Waals surface area contributed by atoms with Crippen LogP contribution in [0.3, 0.4) is 0 Å². The highest BCUT2D eigenvalue weighted by molar-refractivity contribution is 5.88. The lowest BCUT2D eigenvalue weighted by atomic mass is 10.1. The molecule has 1 aliphatic rings. The lowest BCUT2D eigenvalue weighted by Crippen LogP contribution is -2.36. The summed E-state index contributed by atoms with van der Waals surface area (Å²) >= 11 is 0. The van der Waals surface area contributed by atoms with Gasteiger partial charge in [0, 0.05) is 25.6 Å². The van der Waals surface area contributed by atoms with Crippen molar-refractivity contribution in [1.29, 1.82) is 0 Å². The zero-order valence-corrected chi connectivity index (χ0v) is 11.8. The Hall–Kier alpha value is -2.05. The Labute approximate surface area is 117 Å². The average Bonchev–Trinajstić information content (AvgIpc) is 2.73. The number of nitrogens with zero attached hydrogens (tertiary/aromatic N) is 3. The van der Waals surface area contributed by atoms with Crippen LogP contribution in [-0.2, 0) is 24.8 Å². The van der Waals surface area contributed by atoms with E-state index in [1.165, 1.54) is 9.58 Å². The van der Waals surface area contributed by atoms with Crippen LogP contribution >= 0.6 is 0 Å². The molecular weight excluding hydrogens is 262 g/mol. The van der Waals surface area contributed by atoms with Gasteiger partial charge in [-0.2, -0.15) is 5.10 Å². The van der Waals surface area contributed by atoms with E-state index in [9.17, 15) is 14.7 Å². The molecule has 20 heavy (non-hydrogen) atoms. The number of carbonyl (C=O) groups excluding carboxylic acids is 1. The minimum Gasteiger partial charge on any atom is -0.477 e. The average molecular weight is 281 g/mol. The van der Waals surface area contributed by atoms with Crippen molar-refractivity contribution in [3.8, 4) is 0 Å². The summed E-state index contributed by atoms with van der Waals surface area (Å²) < 4.78 is 6.52. The Balaban J connectivity index is 2.10. The highest BCUT2D eigenvalue weighted by atomic mass is 16.6. The third-order valence-electron chi connectivity index (χ3n) is 3.38. The van der Waals surface area contributed by atoms with E-state index in [2.05, 4.69) is 5.10 Å². The normalized spacial score (nSPS) is 14.0. The van der Waals surface area contributed by atoms with Crippen molar-refractivity contribution in [2.45, 2.75) is 32.7 Å². The summed E-state index contributed by atoms with van der Waals surface area (Å²) in [7, 11) is 1.60. The van der Waals surface area contributed by atoms with Gasteiger partial charge >= 0.3 is 12.1 Å². The first-order chi connectivity index (χ1) is 9.54. The Bertz CT molecular complexity index is 524. The number of ether oxygens (including phenoxy) is 1. The van der Waals surface area contributed by atoms with E-state index >= 15 is 0 Å². The van der Waals surface area contributed by atoms with E-state index in [0.717, 1.165) is 18.5 Å². The summed E-state index contributed by atoms with van der Waals surface area (Å²) in [5.74, 6) is -1.03. The zero-order valence-electron chi connectivity index (χ0n) is 11.8. The van der Waals surface area contributed by atoms with Gasteiger partial charge in [0.1, 0.15) is 0 Å². The molecule has 1 aromatic rings. The van der Waals surface area contributed by atoms with Crippen LogP contribution in [0.2, 0.25) is 0 Å². The number of carboxylic acids is 1. The summed E-state index contributed by atoms with van der Waals surface area (Å²) in [6.07, 6.45) is 1.96. The number of hydrogen-bond donors (Lipinski definition) is 1. The molecule has 0 unspecified atom stereocenters. The van der Waals surface area contributed by atoms with E-state index in [0.29, 0.717) is 25.1 Å². The fourth-order valence-electron chi connectivity index (χ4n) is 2.32. The van der Waals surface area contributed by atoms with Gasteiger partial charge in [0.05, 0.1) is 18.8 Å². The first kappa shape index (κ1) is 14.4. The molecular formula is C13H19N3O4. The molecule has 1 amide bonds. The summed E-state index contributed by atoms with van der Waals surface area (Å²) in [5.41, 5.74) is 1.51. The predicted molar refractivity (Wildman–Crippen MR) is 70.5 cm³/mol. The van der Waals surface area contributed by atoms with Crippen molar-refractivity contribution in [3.05, 3.63) is 17.0 Å². The van der Waals surface area contributed by atoms with Crippen LogP contribution in [0, 0.1) is 0 Å². The van der Waals surface area contributed by atoms with Crippen molar-refractivity contribution in [2.24, 2.45) is 7.05 Å². The second kappa shape index (κ2) is 5.94. The maximum absolute atomic E-state index is 11.9. The van der Waals surface area contributed by atoms with Gasteiger partial charge in [-0.05, 0) is 6.42 Å². The molecule has 0 fully saturated rings. The summed E-state index contributed by atoms with van der Waals surface area (Å²) in [6.45, 7) is 3.18. The molecule has 2 rings (SSSR count). The topological polar surface area (TPSA) is 84.7 Å². The van der Waals surface area contributed by atoms with Crippen LogP contribution in [0.25, 0.3) is 0 Å². The molecule has 2 heterocycles. The molecule has 7 heteroatoms. The predicted octanol–water partition coefficient (Wildman–Crippen LogP) is 1.41. The van der Waals surface area contributed by atoms with Crippen LogP contribution in [0.5, 0.6) is 0 Å². The second-order valence-electron chi connectivity index (χ2n) is 4.84. The van der Waals surface area contributed by atoms with Crippen LogP contribution in [0.15, 0.2) is 0 Å². The maximum Gasteiger partial charge on any atom is 0.410 e. The van der Waals surface area contributed by atoms with Crippen molar-refractivity contribution < 1.29 is 19.4 Å². The minimum absolute atomic E-state index is 0.144. The molecule has 1 aromatic heterocycles. The molecule has 7 nitrogen and oxygen atoms in total. The molecule has 0 bridgehead atoms. The monoisotopic (exact) mass is 281 g/mol. The van der Waals surface area contributed by atoms with Crippen LogP contribution in [-0.4, -0.2) is 45.0 Å². The number of amides is 1. The van der Waals surface area contributed by atoms with Crippen LogP contribution in [0.4, 0.5) is 4.79 Å². The number of aryl methyl sites for hydroxylation is 1. The number of aromatic carboxylic acids is 1. The fraction of sp³-hybridized carbons (Fsp3) is 0.615. The molecule has 0 saturated heterocycles. The standard InChI is InChI=1S/C13H19N3O4/c1-3-4-7-20-13(19)16-6-5-10-9(8-16)11(12(17)18)15(2)14-10/h3-8H2,1-2H3,(H,17,18). The first-order valence-corrected chi connectivity index (χ1v) is 6.74. The van der Waals surface area contributed by atoms with Crippen LogP contribution < -0.4 is 0 Å². The number of rotatable bonds is 4. The number of fused-ring (bicyclic) bond motifs is 1. The van der Waals surface area contributed by atoms with Crippen molar-refractivity contribution >= 4 is 12.1 Å². The number of unbranched alkanes of at least 4 members (excludes halogenated alkanes) is 1. The lowest BCUT2D eigenvalue weighted by molar-refractivity contribution is 0.0678. The molecule has 110 valence electrons. The molecule has 0 saturated carbocycles. The fourth-order valence-corrected chi connectivity index (χ4v) is 2.32. The van der Waals surface area contributed by atoms with Gasteiger partial charge in [-0.3, -0.25) is 4.68 Å². The molecule has 0 spiro atoms. The zero-order chi connectivity index (χ0) is 14.7. The number of carbonyl (C=O) groups is 2. The third-order valence-corrected chi connectivity index (χ3v) is 3.38. The lowest BCUT2D eigenvalue weighted by Gasteiger charge is -2.25. The maximum atomic E-state index is 11.9. The molecule has 0 aromatic carbocycles. The Morgan fingerprint density at radius 2 is 2.20 bits per heavy atom. The van der Waals surface area contributed by atoms with Gasteiger partial charge in [0.2, 0.25) is 0 Å². The van der Waals surface area contributed by atoms with Gasteiger partial charge in [-0.15, -0.1) is 0 Å². The van der Waals surface area contributed by atoms with E-state index in [4.69, 9.17) is 4.74 Å². The van der Waals surface area contributed by atoms with Gasteiger partial charge in [0.25, 0.3) is 0 Å². The Morgan fingerprint density at radius 3 is 2.85 bits per heavy atom. The second-order valence-corrected chi connectivity index (χ2v) is 4.84. The number of carboxylic acid groups (broad SMARTS) is 1. The van der Waals surface area contributed by atoms with E-state index in [1.807, 2.05) is 6.92 Å². The minimum atomic E-state index is -1.03. The quantitative estimate of drug-likeness (QED) is 0.843. The van der Waals surface area contributed by atoms with Gasteiger partial charge in [-0.25, -0.2) is 9.59 Å². The molecule has 0 atom stereocenters. The smallest absolute Gasteiger partial charge is 0.410 e. The highest BCUT2D eigenvalue weighted by Crippen LogP contribution is 2.22. The molecule has 1 N–H and O–H groups in total. The Kier molecular flexibility index (Phi) is 4.26. The van der Waals surface area contributed by atoms with Gasteiger partial charge in [0.15, 0.2) is 5.69 Å². The summed E-state index contributed by atoms with van der Waals surface area (Å²) in [4.78, 5) is 24.7. The van der Waals surface area contributed by atoms with Gasteiger partial charge < -0.3 is 14.7 Å². The molecule has 0 radical (unpaired) electrons. The van der Waals surface area contributed by atoms with E-state index in [-0.39, 0.29) is 18.3 Å². The summed E-state index contributed by atoms with van der Waals surface area (Å²) in [6, 6.07) is 0. The molecule has 1 aliphatic heterocycles. The highest BCUT2D eigenvalue weighted by Gasteiger charge is 2.29. The summed E-state index contributed by atoms with van der Waals surface area (Å²) in [5, 5.41) is 13.4. The van der Waals surface area contributed by atoms with E-state index < -0.39 is 5.97 Å². The molecule has 0 aliphatic carbocycles. The van der Waals surface area contributed by atoms with Crippen LogP contribution in [0.1, 0.15) is 41.5 Å². The van der Waals surface area contributed by atoms with Gasteiger partial charge in [-0.1, -0.05) is 13.3 Å². The number of aromatic nitrogens is 2. The van der Waals surface area contributed by atoms with Crippen molar-refractivity contribution in [3.63, 3.8) is 0 Å². The SMILES string of the molecule is CCCCOC(=O)N1CCc2nn(C)c(C(=O)O)c2C1. The first-order valence-electron chi connectivity index (χ1n) is 6.74.